The third kappa shape index (κ3) is 4.21. The van der Waals surface area contributed by atoms with E-state index in [0.717, 1.165) is 42.6 Å². The highest BCUT2D eigenvalue weighted by Crippen LogP contribution is 2.31. The molecule has 0 saturated carbocycles. The van der Waals surface area contributed by atoms with Crippen molar-refractivity contribution in [3.8, 4) is 0 Å². The fourth-order valence-corrected chi connectivity index (χ4v) is 4.54. The van der Waals surface area contributed by atoms with Gasteiger partial charge in [0.2, 0.25) is 0 Å². The lowest BCUT2D eigenvalue weighted by Crippen LogP contribution is -3.15. The number of hydrogen-bond acceptors (Lipinski definition) is 4. The minimum atomic E-state index is -0.495. The predicted octanol–water partition coefficient (Wildman–Crippen LogP) is 2.22. The summed E-state index contributed by atoms with van der Waals surface area (Å²) in [5, 5.41) is 3.83. The van der Waals surface area contributed by atoms with Crippen LogP contribution >= 0.6 is 0 Å². The predicted molar refractivity (Wildman–Crippen MR) is 127 cm³/mol. The highest BCUT2D eigenvalue weighted by molar-refractivity contribution is 6.12. The molecule has 0 spiro atoms. The summed E-state index contributed by atoms with van der Waals surface area (Å²) in [6.07, 6.45) is 0. The zero-order valence-corrected chi connectivity index (χ0v) is 19.2. The number of aromatic nitrogens is 1. The Morgan fingerprint density at radius 3 is 2.47 bits per heavy atom. The van der Waals surface area contributed by atoms with Crippen molar-refractivity contribution in [1.82, 2.24) is 4.98 Å². The molecule has 168 valence electrons. The molecule has 1 aromatic heterocycles. The fraction of sp³-hybridized carbons (Fsp3) is 0.360. The lowest BCUT2D eigenvalue weighted by molar-refractivity contribution is -0.892. The summed E-state index contributed by atoms with van der Waals surface area (Å²) in [6, 6.07) is 12.2. The summed E-state index contributed by atoms with van der Waals surface area (Å²) in [4.78, 5) is 32.0. The number of nitrogens with zero attached hydrogens (tertiary/aromatic N) is 1. The number of aryl methyl sites for hydroxylation is 2. The number of nitrogens with one attached hydrogen (secondary N) is 3. The van der Waals surface area contributed by atoms with Crippen LogP contribution in [0, 0.1) is 20.8 Å². The zero-order chi connectivity index (χ0) is 22.8. The Morgan fingerprint density at radius 2 is 1.75 bits per heavy atom. The highest BCUT2D eigenvalue weighted by atomic mass is 16.5. The molecule has 3 N–H and O–H groups in total. The number of esters is 1. The molecule has 0 atom stereocenters. The van der Waals surface area contributed by atoms with Crippen LogP contribution in [0.3, 0.4) is 0 Å². The van der Waals surface area contributed by atoms with E-state index in [0.29, 0.717) is 12.2 Å². The van der Waals surface area contributed by atoms with E-state index in [2.05, 4.69) is 47.2 Å². The molecule has 4 rings (SSSR count). The van der Waals surface area contributed by atoms with E-state index in [-0.39, 0.29) is 11.6 Å². The molecule has 7 nitrogen and oxygen atoms in total. The number of anilines is 2. The van der Waals surface area contributed by atoms with Crippen LogP contribution in [0.5, 0.6) is 0 Å². The third-order valence-corrected chi connectivity index (χ3v) is 6.48. The molecular formula is C25H31N4O3+. The molecule has 7 heteroatoms. The second kappa shape index (κ2) is 9.04. The number of methoxy groups -OCH3 is 1. The van der Waals surface area contributed by atoms with E-state index < -0.39 is 5.97 Å². The number of quaternary nitrogens is 1. The number of hydrogen-bond donors (Lipinski definition) is 3. The van der Waals surface area contributed by atoms with Gasteiger partial charge in [-0.15, -0.1) is 0 Å². The Bertz CT molecular complexity index is 1160. The Balaban J connectivity index is 1.44. The van der Waals surface area contributed by atoms with Crippen molar-refractivity contribution >= 4 is 34.2 Å². The van der Waals surface area contributed by atoms with Gasteiger partial charge in [-0.3, -0.25) is 4.79 Å². The van der Waals surface area contributed by atoms with E-state index in [9.17, 15) is 9.59 Å². The quantitative estimate of drug-likeness (QED) is 0.537. The van der Waals surface area contributed by atoms with Gasteiger partial charge in [-0.25, -0.2) is 4.79 Å². The standard InChI is InChI=1S/C25H30N4O3/c1-16-7-6-10-20(18(16)3)29-13-11-28(12-14-29)15-21(30)27-23-22-17(2)8-5-9-19(22)26-24(23)25(31)32-4/h5-10,26H,11-15H2,1-4H3,(H,27,30)/p+1. The van der Waals surface area contributed by atoms with E-state index in [1.165, 1.54) is 28.8 Å². The van der Waals surface area contributed by atoms with Crippen LogP contribution in [-0.4, -0.2) is 56.7 Å². The summed E-state index contributed by atoms with van der Waals surface area (Å²) in [5.74, 6) is -0.597. The SMILES string of the molecule is COC(=O)c1[nH]c2cccc(C)c2c1NC(=O)C[NH+]1CCN(c2cccc(C)c2C)CC1. The molecule has 1 aliphatic heterocycles. The monoisotopic (exact) mass is 435 g/mol. The van der Waals surface area contributed by atoms with Crippen LogP contribution in [0.25, 0.3) is 10.9 Å². The zero-order valence-electron chi connectivity index (χ0n) is 19.2. The number of rotatable bonds is 5. The molecule has 3 aromatic rings. The second-order valence-electron chi connectivity index (χ2n) is 8.55. The Labute approximate surface area is 188 Å². The molecule has 1 amide bonds. The van der Waals surface area contributed by atoms with Gasteiger partial charge < -0.3 is 24.8 Å². The van der Waals surface area contributed by atoms with Crippen LogP contribution in [0.4, 0.5) is 11.4 Å². The first-order chi connectivity index (χ1) is 15.4. The van der Waals surface area contributed by atoms with Crippen molar-refractivity contribution in [2.45, 2.75) is 20.8 Å². The smallest absolute Gasteiger partial charge is 0.356 e. The minimum absolute atomic E-state index is 0.102. The van der Waals surface area contributed by atoms with E-state index >= 15 is 0 Å². The highest BCUT2D eigenvalue weighted by Gasteiger charge is 2.26. The first kappa shape index (κ1) is 21.9. The maximum absolute atomic E-state index is 12.9. The number of carbonyl (C=O) groups is 2. The van der Waals surface area contributed by atoms with Gasteiger partial charge in [-0.1, -0.05) is 24.3 Å². The number of ether oxygens (including phenoxy) is 1. The topological polar surface area (TPSA) is 78.9 Å². The molecule has 1 aliphatic rings. The van der Waals surface area contributed by atoms with Crippen LogP contribution in [-0.2, 0) is 9.53 Å². The molecule has 0 aliphatic carbocycles. The van der Waals surface area contributed by atoms with E-state index in [4.69, 9.17) is 4.74 Å². The lowest BCUT2D eigenvalue weighted by atomic mass is 10.1. The van der Waals surface area contributed by atoms with E-state index in [1.54, 1.807) is 0 Å². The normalized spacial score (nSPS) is 14.6. The molecule has 2 aromatic carbocycles. The number of amides is 1. The van der Waals surface area contributed by atoms with Gasteiger partial charge in [0, 0.05) is 16.6 Å². The van der Waals surface area contributed by atoms with Crippen LogP contribution in [0.2, 0.25) is 0 Å². The maximum atomic E-state index is 12.9. The molecule has 1 saturated heterocycles. The van der Waals surface area contributed by atoms with Crippen molar-refractivity contribution in [3.63, 3.8) is 0 Å². The number of fused-ring (bicyclic) bond motifs is 1. The van der Waals surface area contributed by atoms with Crippen LogP contribution < -0.4 is 15.1 Å². The number of piperazine rings is 1. The number of carbonyl (C=O) groups excluding carboxylic acids is 2. The van der Waals surface area contributed by atoms with Gasteiger partial charge in [0.25, 0.3) is 5.91 Å². The number of benzene rings is 2. The summed E-state index contributed by atoms with van der Waals surface area (Å²) in [7, 11) is 1.34. The van der Waals surface area contributed by atoms with Gasteiger partial charge in [0.05, 0.1) is 39.0 Å². The summed E-state index contributed by atoms with van der Waals surface area (Å²) in [6.45, 7) is 10.2. The molecule has 0 bridgehead atoms. The summed E-state index contributed by atoms with van der Waals surface area (Å²) < 4.78 is 4.92. The first-order valence-electron chi connectivity index (χ1n) is 11.0. The van der Waals surface area contributed by atoms with Gasteiger partial charge in [0.15, 0.2) is 6.54 Å². The number of aromatic amines is 1. The van der Waals surface area contributed by atoms with Gasteiger partial charge in [-0.2, -0.15) is 0 Å². The summed E-state index contributed by atoms with van der Waals surface area (Å²) >= 11 is 0. The van der Waals surface area contributed by atoms with Gasteiger partial charge in [0.1, 0.15) is 5.69 Å². The average Bonchev–Trinajstić information content (AvgIpc) is 3.15. The first-order valence-corrected chi connectivity index (χ1v) is 11.0. The molecule has 2 heterocycles. The van der Waals surface area contributed by atoms with Crippen molar-refractivity contribution in [3.05, 3.63) is 58.8 Å². The van der Waals surface area contributed by atoms with Crippen molar-refractivity contribution in [2.75, 3.05) is 50.1 Å². The van der Waals surface area contributed by atoms with Gasteiger partial charge in [-0.05, 0) is 49.6 Å². The number of H-pyrrole nitrogens is 1. The van der Waals surface area contributed by atoms with Crippen molar-refractivity contribution in [2.24, 2.45) is 0 Å². The average molecular weight is 436 g/mol. The molecule has 0 unspecified atom stereocenters. The molecule has 0 radical (unpaired) electrons. The molecule has 1 fully saturated rings. The minimum Gasteiger partial charge on any atom is -0.464 e. The van der Waals surface area contributed by atoms with Gasteiger partial charge >= 0.3 is 5.97 Å². The Hall–Kier alpha value is -3.32. The fourth-order valence-electron chi connectivity index (χ4n) is 4.54. The van der Waals surface area contributed by atoms with Crippen molar-refractivity contribution < 1.29 is 19.2 Å². The lowest BCUT2D eigenvalue weighted by Gasteiger charge is -2.34. The van der Waals surface area contributed by atoms with Crippen LogP contribution in [0.15, 0.2) is 36.4 Å². The Kier molecular flexibility index (Phi) is 6.19. The van der Waals surface area contributed by atoms with Crippen LogP contribution in [0.1, 0.15) is 27.2 Å². The van der Waals surface area contributed by atoms with Crippen molar-refractivity contribution in [1.29, 1.82) is 0 Å². The molecular weight excluding hydrogens is 404 g/mol. The largest absolute Gasteiger partial charge is 0.464 e. The maximum Gasteiger partial charge on any atom is 0.356 e. The van der Waals surface area contributed by atoms with E-state index in [1.807, 2.05) is 25.1 Å². The third-order valence-electron chi connectivity index (χ3n) is 6.48. The molecule has 32 heavy (non-hydrogen) atoms. The second-order valence-corrected chi connectivity index (χ2v) is 8.55. The Morgan fingerprint density at radius 1 is 1.06 bits per heavy atom. The summed E-state index contributed by atoms with van der Waals surface area (Å²) in [5.41, 5.74) is 6.47.